The van der Waals surface area contributed by atoms with Gasteiger partial charge in [0.2, 0.25) is 15.4 Å². The van der Waals surface area contributed by atoms with Gasteiger partial charge in [-0.3, -0.25) is 4.79 Å². The number of methoxy groups -OCH3 is 2. The van der Waals surface area contributed by atoms with E-state index < -0.39 is 10.0 Å². The molecule has 1 aliphatic heterocycles. The smallest absolute Gasteiger partial charge is 0.272 e. The van der Waals surface area contributed by atoms with Crippen molar-refractivity contribution in [2.24, 2.45) is 0 Å². The summed E-state index contributed by atoms with van der Waals surface area (Å²) < 4.78 is 37.5. The SMILES string of the molecule is COc1cc2c(cc1OC)CN(S(=O)(=O)c1nnc(NC(C)=O)s1)CC2. The van der Waals surface area contributed by atoms with Crippen molar-refractivity contribution in [3.8, 4) is 11.5 Å². The number of anilines is 1. The molecule has 0 saturated heterocycles. The second kappa shape index (κ2) is 7.17. The molecule has 0 aliphatic carbocycles. The molecule has 2 heterocycles. The number of nitrogens with zero attached hydrogens (tertiary/aromatic N) is 3. The molecule has 0 fully saturated rings. The maximum Gasteiger partial charge on any atom is 0.272 e. The normalized spacial score (nSPS) is 14.6. The van der Waals surface area contributed by atoms with Gasteiger partial charge in [0.15, 0.2) is 11.5 Å². The molecular weight excluding hydrogens is 380 g/mol. The van der Waals surface area contributed by atoms with Gasteiger partial charge in [0, 0.05) is 20.0 Å². The molecule has 1 N–H and O–H groups in total. The molecule has 26 heavy (non-hydrogen) atoms. The van der Waals surface area contributed by atoms with Crippen molar-refractivity contribution in [2.45, 2.75) is 24.2 Å². The Morgan fingerprint density at radius 3 is 2.46 bits per heavy atom. The van der Waals surface area contributed by atoms with Crippen molar-refractivity contribution < 1.29 is 22.7 Å². The van der Waals surface area contributed by atoms with Gasteiger partial charge in [-0.15, -0.1) is 10.2 Å². The van der Waals surface area contributed by atoms with Crippen LogP contribution in [0.25, 0.3) is 0 Å². The maximum absolute atomic E-state index is 12.8. The minimum atomic E-state index is -3.80. The van der Waals surface area contributed by atoms with Gasteiger partial charge < -0.3 is 14.8 Å². The molecule has 0 spiro atoms. The number of sulfonamides is 1. The second-order valence-electron chi connectivity index (χ2n) is 5.62. The van der Waals surface area contributed by atoms with Crippen LogP contribution in [-0.4, -0.2) is 49.6 Å². The Morgan fingerprint density at radius 2 is 1.85 bits per heavy atom. The van der Waals surface area contributed by atoms with E-state index in [1.807, 2.05) is 6.07 Å². The van der Waals surface area contributed by atoms with Gasteiger partial charge in [-0.25, -0.2) is 8.42 Å². The van der Waals surface area contributed by atoms with Crippen LogP contribution < -0.4 is 14.8 Å². The second-order valence-corrected chi connectivity index (χ2v) is 8.71. The van der Waals surface area contributed by atoms with E-state index in [0.717, 1.165) is 22.5 Å². The highest BCUT2D eigenvalue weighted by Gasteiger charge is 2.32. The number of aromatic nitrogens is 2. The van der Waals surface area contributed by atoms with E-state index in [-0.39, 0.29) is 21.9 Å². The number of fused-ring (bicyclic) bond motifs is 1. The molecule has 3 rings (SSSR count). The summed E-state index contributed by atoms with van der Waals surface area (Å²) in [5, 5.41) is 10.0. The molecule has 0 atom stereocenters. The summed E-state index contributed by atoms with van der Waals surface area (Å²) in [7, 11) is -0.705. The number of hydrogen-bond acceptors (Lipinski definition) is 8. The van der Waals surface area contributed by atoms with Crippen LogP contribution in [0.4, 0.5) is 5.13 Å². The molecular formula is C15H18N4O5S2. The van der Waals surface area contributed by atoms with E-state index >= 15 is 0 Å². The highest BCUT2D eigenvalue weighted by molar-refractivity contribution is 7.91. The Morgan fingerprint density at radius 1 is 1.19 bits per heavy atom. The molecule has 0 radical (unpaired) electrons. The molecule has 1 aromatic carbocycles. The Hall–Kier alpha value is -2.24. The number of rotatable bonds is 5. The van der Waals surface area contributed by atoms with Crippen LogP contribution in [0.15, 0.2) is 16.5 Å². The molecule has 1 aliphatic rings. The Bertz CT molecular complexity index is 942. The lowest BCUT2D eigenvalue weighted by atomic mass is 10.0. The number of ether oxygens (including phenoxy) is 2. The van der Waals surface area contributed by atoms with Crippen molar-refractivity contribution in [1.82, 2.24) is 14.5 Å². The van der Waals surface area contributed by atoms with E-state index in [0.29, 0.717) is 24.5 Å². The van der Waals surface area contributed by atoms with Crippen molar-refractivity contribution in [3.05, 3.63) is 23.3 Å². The van der Waals surface area contributed by atoms with E-state index in [2.05, 4.69) is 15.5 Å². The van der Waals surface area contributed by atoms with Crippen molar-refractivity contribution in [2.75, 3.05) is 26.1 Å². The summed E-state index contributed by atoms with van der Waals surface area (Å²) in [4.78, 5) is 11.1. The Balaban J connectivity index is 1.87. The lowest BCUT2D eigenvalue weighted by molar-refractivity contribution is -0.114. The van der Waals surface area contributed by atoms with Gasteiger partial charge in [0.25, 0.3) is 10.0 Å². The third-order valence-electron chi connectivity index (χ3n) is 3.93. The molecule has 9 nitrogen and oxygen atoms in total. The van der Waals surface area contributed by atoms with Crippen LogP contribution in [-0.2, 0) is 27.8 Å². The third kappa shape index (κ3) is 3.50. The zero-order valence-corrected chi connectivity index (χ0v) is 16.1. The maximum atomic E-state index is 12.8. The predicted molar refractivity (Wildman–Crippen MR) is 95.1 cm³/mol. The standard InChI is InChI=1S/C15H18N4O5S2/c1-9(20)16-14-17-18-15(25-14)26(21,22)19-5-4-10-6-12(23-2)13(24-3)7-11(10)8-19/h6-7H,4-5,8H2,1-3H3,(H,16,17,20). The van der Waals surface area contributed by atoms with Crippen LogP contribution in [0.1, 0.15) is 18.1 Å². The largest absolute Gasteiger partial charge is 0.493 e. The minimum Gasteiger partial charge on any atom is -0.493 e. The molecule has 11 heteroatoms. The molecule has 0 bridgehead atoms. The van der Waals surface area contributed by atoms with Crippen molar-refractivity contribution in [1.29, 1.82) is 0 Å². The molecule has 1 aromatic heterocycles. The summed E-state index contributed by atoms with van der Waals surface area (Å²) in [6.07, 6.45) is 0.548. The highest BCUT2D eigenvalue weighted by Crippen LogP contribution is 2.35. The predicted octanol–water partition coefficient (Wildman–Crippen LogP) is 1.26. The van der Waals surface area contributed by atoms with Crippen LogP contribution in [0.3, 0.4) is 0 Å². The summed E-state index contributed by atoms with van der Waals surface area (Å²) in [5.41, 5.74) is 1.87. The highest BCUT2D eigenvalue weighted by atomic mass is 32.2. The monoisotopic (exact) mass is 398 g/mol. The van der Waals surface area contributed by atoms with E-state index in [1.54, 1.807) is 13.2 Å². The average Bonchev–Trinajstić information content (AvgIpc) is 3.08. The fourth-order valence-electron chi connectivity index (χ4n) is 2.69. The molecule has 140 valence electrons. The first-order valence-corrected chi connectivity index (χ1v) is 9.96. The van der Waals surface area contributed by atoms with Gasteiger partial charge in [0.1, 0.15) is 0 Å². The zero-order chi connectivity index (χ0) is 18.9. The zero-order valence-electron chi connectivity index (χ0n) is 14.5. The number of carbonyl (C=O) groups is 1. The van der Waals surface area contributed by atoms with Gasteiger partial charge >= 0.3 is 0 Å². The number of carbonyl (C=O) groups excluding carboxylic acids is 1. The van der Waals surface area contributed by atoms with Crippen LogP contribution in [0.5, 0.6) is 11.5 Å². The van der Waals surface area contributed by atoms with Crippen LogP contribution in [0.2, 0.25) is 0 Å². The number of nitrogens with one attached hydrogen (secondary N) is 1. The van der Waals surface area contributed by atoms with Gasteiger partial charge in [0.05, 0.1) is 14.2 Å². The van der Waals surface area contributed by atoms with Gasteiger partial charge in [-0.05, 0) is 29.7 Å². The summed E-state index contributed by atoms with van der Waals surface area (Å²) in [6.45, 7) is 1.84. The van der Waals surface area contributed by atoms with Gasteiger partial charge in [-0.1, -0.05) is 11.3 Å². The van der Waals surface area contributed by atoms with Crippen molar-refractivity contribution in [3.63, 3.8) is 0 Å². The van der Waals surface area contributed by atoms with E-state index in [1.165, 1.54) is 18.3 Å². The first-order chi connectivity index (χ1) is 12.3. The Labute approximate surface area is 155 Å². The fraction of sp³-hybridized carbons (Fsp3) is 0.400. The van der Waals surface area contributed by atoms with Gasteiger partial charge in [-0.2, -0.15) is 4.31 Å². The fourth-order valence-corrected chi connectivity index (χ4v) is 5.19. The Kier molecular flexibility index (Phi) is 5.12. The third-order valence-corrected chi connectivity index (χ3v) is 6.96. The molecule has 0 unspecified atom stereocenters. The van der Waals surface area contributed by atoms with Crippen LogP contribution >= 0.6 is 11.3 Å². The van der Waals surface area contributed by atoms with E-state index in [4.69, 9.17) is 9.47 Å². The number of benzene rings is 1. The minimum absolute atomic E-state index is 0.148. The lowest BCUT2D eigenvalue weighted by Gasteiger charge is -2.27. The van der Waals surface area contributed by atoms with E-state index in [9.17, 15) is 13.2 Å². The molecule has 0 saturated carbocycles. The lowest BCUT2D eigenvalue weighted by Crippen LogP contribution is -2.36. The average molecular weight is 398 g/mol. The first-order valence-electron chi connectivity index (χ1n) is 7.70. The van der Waals surface area contributed by atoms with Crippen LogP contribution in [0, 0.1) is 0 Å². The molecule has 2 aromatic rings. The summed E-state index contributed by atoms with van der Waals surface area (Å²) >= 11 is 0.828. The number of amides is 1. The first kappa shape index (κ1) is 18.5. The summed E-state index contributed by atoms with van der Waals surface area (Å²) in [6, 6.07) is 3.66. The quantitative estimate of drug-likeness (QED) is 0.755. The molecule has 1 amide bonds. The van der Waals surface area contributed by atoms with Crippen molar-refractivity contribution >= 4 is 32.4 Å². The summed E-state index contributed by atoms with van der Waals surface area (Å²) in [5.74, 6) is 0.832. The number of hydrogen-bond donors (Lipinski definition) is 1. The topological polar surface area (TPSA) is 111 Å².